The molecule has 0 atom stereocenters. The zero-order valence-corrected chi connectivity index (χ0v) is 12.8. The first-order valence-corrected chi connectivity index (χ1v) is 6.74. The van der Waals surface area contributed by atoms with Crippen LogP contribution in [0.1, 0.15) is 6.42 Å². The molecule has 0 amide bonds. The van der Waals surface area contributed by atoms with Crippen LogP contribution in [-0.4, -0.2) is 0 Å². The highest BCUT2D eigenvalue weighted by molar-refractivity contribution is 5.68. The highest BCUT2D eigenvalue weighted by atomic mass is 19.2. The Labute approximate surface area is 147 Å². The second-order valence-corrected chi connectivity index (χ2v) is 4.96. The quantitative estimate of drug-likeness (QED) is 0.446. The van der Waals surface area contributed by atoms with Gasteiger partial charge in [0.1, 0.15) is 47.1 Å². The molecule has 2 rings (SSSR count). The van der Waals surface area contributed by atoms with Gasteiger partial charge in [0.25, 0.3) is 0 Å². The number of rotatable bonds is 0. The fourth-order valence-corrected chi connectivity index (χ4v) is 2.37. The SMILES string of the molecule is N#CC(C#N)=C1C(F)=C(F)C2=C(F)C(=C(C#N)C#N)C(F)=C(F)C(=C1F)C2. The van der Waals surface area contributed by atoms with Crippen LogP contribution < -0.4 is 0 Å². The molecule has 4 nitrogen and oxygen atoms in total. The lowest BCUT2D eigenvalue weighted by Crippen LogP contribution is -1.99. The van der Waals surface area contributed by atoms with Gasteiger partial charge in [-0.2, -0.15) is 21.0 Å². The van der Waals surface area contributed by atoms with E-state index >= 15 is 0 Å². The Morgan fingerprint density at radius 2 is 0.815 bits per heavy atom. The highest BCUT2D eigenvalue weighted by Gasteiger charge is 2.39. The number of fused-ring (bicyclic) bond motifs is 2. The molecule has 2 aliphatic carbocycles. The summed E-state index contributed by atoms with van der Waals surface area (Å²) in [6, 6.07) is 4.30. The molecule has 0 radical (unpaired) electrons. The molecule has 0 aromatic heterocycles. The second kappa shape index (κ2) is 7.07. The molecule has 132 valence electrons. The van der Waals surface area contributed by atoms with Crippen molar-refractivity contribution < 1.29 is 26.3 Å². The molecule has 0 N–H and O–H groups in total. The lowest BCUT2D eigenvalue weighted by Gasteiger charge is -2.08. The molecular formula is C17H2F6N4. The number of hydrogen-bond donors (Lipinski definition) is 0. The zero-order valence-electron chi connectivity index (χ0n) is 12.8. The van der Waals surface area contributed by atoms with Crippen molar-refractivity contribution in [3.63, 3.8) is 0 Å². The number of nitrogens with zero attached hydrogens (tertiary/aromatic N) is 4. The summed E-state index contributed by atoms with van der Waals surface area (Å²) in [5.74, 6) is -12.6. The van der Waals surface area contributed by atoms with Gasteiger partial charge >= 0.3 is 0 Å². The van der Waals surface area contributed by atoms with Crippen LogP contribution in [0.25, 0.3) is 0 Å². The summed E-state index contributed by atoms with van der Waals surface area (Å²) in [5.41, 5.74) is -8.54. The minimum absolute atomic E-state index is 1.07. The summed E-state index contributed by atoms with van der Waals surface area (Å²) in [6.45, 7) is 0. The van der Waals surface area contributed by atoms with Gasteiger partial charge in [-0.1, -0.05) is 0 Å². The molecule has 27 heavy (non-hydrogen) atoms. The van der Waals surface area contributed by atoms with Gasteiger partial charge in [-0.05, 0) is 0 Å². The predicted molar refractivity (Wildman–Crippen MR) is 75.9 cm³/mol. The maximum atomic E-state index is 14.6. The molecule has 0 saturated heterocycles. The van der Waals surface area contributed by atoms with E-state index in [-0.39, 0.29) is 0 Å². The lowest BCUT2D eigenvalue weighted by molar-refractivity contribution is 0.521. The van der Waals surface area contributed by atoms with Crippen LogP contribution in [0.15, 0.2) is 68.4 Å². The summed E-state index contributed by atoms with van der Waals surface area (Å²) in [5, 5.41) is 35.0. The molecule has 2 bridgehead atoms. The first kappa shape index (κ1) is 19.3. The first-order valence-electron chi connectivity index (χ1n) is 6.74. The molecule has 0 aromatic rings. The van der Waals surface area contributed by atoms with Crippen LogP contribution in [-0.2, 0) is 0 Å². The van der Waals surface area contributed by atoms with Gasteiger partial charge in [0.15, 0.2) is 23.3 Å². The molecule has 0 heterocycles. The Morgan fingerprint density at radius 1 is 0.519 bits per heavy atom. The molecule has 10 heteroatoms. The summed E-state index contributed by atoms with van der Waals surface area (Å²) < 4.78 is 86.7. The lowest BCUT2D eigenvalue weighted by atomic mass is 10.0. The Bertz CT molecular complexity index is 1010. The smallest absolute Gasteiger partial charge is 0.171 e. The minimum Gasteiger partial charge on any atom is -0.206 e. The largest absolute Gasteiger partial charge is 0.206 e. The molecule has 2 aliphatic rings. The van der Waals surface area contributed by atoms with E-state index in [4.69, 9.17) is 21.0 Å². The fraction of sp³-hybridized carbons (Fsp3) is 0.0588. The van der Waals surface area contributed by atoms with Gasteiger partial charge in [0, 0.05) is 17.6 Å². The molecule has 0 saturated carbocycles. The third-order valence-corrected chi connectivity index (χ3v) is 3.62. The van der Waals surface area contributed by atoms with Crippen molar-refractivity contribution in [3.8, 4) is 24.3 Å². The summed E-state index contributed by atoms with van der Waals surface area (Å²) >= 11 is 0. The van der Waals surface area contributed by atoms with Crippen LogP contribution in [0.3, 0.4) is 0 Å². The van der Waals surface area contributed by atoms with E-state index in [0.717, 1.165) is 24.3 Å². The van der Waals surface area contributed by atoms with Crippen molar-refractivity contribution in [3.05, 3.63) is 68.4 Å². The predicted octanol–water partition coefficient (Wildman–Crippen LogP) is 4.84. The summed E-state index contributed by atoms with van der Waals surface area (Å²) in [6.07, 6.45) is -1.34. The monoisotopic (exact) mass is 376 g/mol. The van der Waals surface area contributed by atoms with E-state index in [9.17, 15) is 26.3 Å². The van der Waals surface area contributed by atoms with E-state index in [1.54, 1.807) is 0 Å². The van der Waals surface area contributed by atoms with E-state index in [0.29, 0.717) is 0 Å². The minimum atomic E-state index is -2.18. The first-order chi connectivity index (χ1) is 12.7. The van der Waals surface area contributed by atoms with Crippen molar-refractivity contribution >= 4 is 0 Å². The van der Waals surface area contributed by atoms with Gasteiger partial charge in [-0.3, -0.25) is 0 Å². The number of allylic oxidation sites excluding steroid dienone is 12. The number of halogens is 6. The van der Waals surface area contributed by atoms with Crippen LogP contribution in [0.4, 0.5) is 26.3 Å². The Balaban J connectivity index is 3.17. The van der Waals surface area contributed by atoms with Gasteiger partial charge in [0.2, 0.25) is 0 Å². The van der Waals surface area contributed by atoms with Crippen LogP contribution >= 0.6 is 0 Å². The fourth-order valence-electron chi connectivity index (χ4n) is 2.37. The van der Waals surface area contributed by atoms with Gasteiger partial charge in [-0.25, -0.2) is 26.3 Å². The van der Waals surface area contributed by atoms with E-state index in [1.165, 1.54) is 0 Å². The van der Waals surface area contributed by atoms with Crippen molar-refractivity contribution in [2.45, 2.75) is 6.42 Å². The molecule has 0 spiro atoms. The molecule has 0 aromatic carbocycles. The van der Waals surface area contributed by atoms with E-state index < -0.39 is 74.8 Å². The van der Waals surface area contributed by atoms with E-state index in [2.05, 4.69) is 0 Å². The maximum absolute atomic E-state index is 14.6. The van der Waals surface area contributed by atoms with Crippen molar-refractivity contribution in [2.24, 2.45) is 0 Å². The molecular weight excluding hydrogens is 374 g/mol. The average Bonchev–Trinajstić information content (AvgIpc) is 2.82. The normalized spacial score (nSPS) is 17.0. The Morgan fingerprint density at radius 3 is 1.07 bits per heavy atom. The van der Waals surface area contributed by atoms with E-state index in [1.807, 2.05) is 0 Å². The third-order valence-electron chi connectivity index (χ3n) is 3.62. The van der Waals surface area contributed by atoms with Crippen LogP contribution in [0, 0.1) is 45.3 Å². The van der Waals surface area contributed by atoms with Crippen molar-refractivity contribution in [1.29, 1.82) is 21.0 Å². The van der Waals surface area contributed by atoms with Crippen LogP contribution in [0.5, 0.6) is 0 Å². The van der Waals surface area contributed by atoms with Crippen molar-refractivity contribution in [2.75, 3.05) is 0 Å². The number of hydrogen-bond acceptors (Lipinski definition) is 4. The standard InChI is InChI=1S/C17H2F6N4/c18-12-8-1-9(14(20)16(22)10(12)6(2-24)3-25)13(19)11(7(4-26)5-27)17(23)15(8)21/h1H2. The summed E-state index contributed by atoms with van der Waals surface area (Å²) in [7, 11) is 0. The van der Waals surface area contributed by atoms with Gasteiger partial charge in [-0.15, -0.1) is 0 Å². The highest BCUT2D eigenvalue weighted by Crippen LogP contribution is 2.48. The maximum Gasteiger partial charge on any atom is 0.171 e. The zero-order chi connectivity index (χ0) is 20.5. The Kier molecular flexibility index (Phi) is 5.06. The van der Waals surface area contributed by atoms with Gasteiger partial charge in [0.05, 0.1) is 11.1 Å². The van der Waals surface area contributed by atoms with Gasteiger partial charge < -0.3 is 0 Å². The van der Waals surface area contributed by atoms with Crippen LogP contribution in [0.2, 0.25) is 0 Å². The Hall–Kier alpha value is -4.02. The number of nitriles is 4. The second-order valence-electron chi connectivity index (χ2n) is 4.96. The summed E-state index contributed by atoms with van der Waals surface area (Å²) in [4.78, 5) is 0. The molecule has 0 unspecified atom stereocenters. The topological polar surface area (TPSA) is 95.2 Å². The van der Waals surface area contributed by atoms with Crippen molar-refractivity contribution in [1.82, 2.24) is 0 Å². The molecule has 0 aliphatic heterocycles. The third kappa shape index (κ3) is 2.80. The average molecular weight is 376 g/mol. The molecule has 0 fully saturated rings.